The number of rotatable bonds is 5. The lowest BCUT2D eigenvalue weighted by Crippen LogP contribution is -2.16. The number of nitrogens with one attached hydrogen (secondary N) is 1. The molecule has 1 unspecified atom stereocenters. The van der Waals surface area contributed by atoms with Gasteiger partial charge in [-0.1, -0.05) is 13.0 Å². The number of benzene rings is 1. The van der Waals surface area contributed by atoms with Crippen LogP contribution in [0.5, 0.6) is 0 Å². The monoisotopic (exact) mass is 293 g/mol. The van der Waals surface area contributed by atoms with Gasteiger partial charge in [-0.15, -0.1) is 11.3 Å². The van der Waals surface area contributed by atoms with Crippen molar-refractivity contribution in [3.05, 3.63) is 45.9 Å². The predicted octanol–water partition coefficient (Wildman–Crippen LogP) is 3.13. The Labute approximate surface area is 120 Å². The Kier molecular flexibility index (Phi) is 4.24. The van der Waals surface area contributed by atoms with E-state index >= 15 is 0 Å². The van der Waals surface area contributed by atoms with Gasteiger partial charge in [-0.2, -0.15) is 0 Å². The van der Waals surface area contributed by atoms with Crippen molar-refractivity contribution in [3.63, 3.8) is 0 Å². The number of thiophene rings is 1. The van der Waals surface area contributed by atoms with Crippen molar-refractivity contribution in [1.29, 1.82) is 0 Å². The second kappa shape index (κ2) is 5.92. The number of hydrogen-bond acceptors (Lipinski definition) is 4. The van der Waals surface area contributed by atoms with E-state index < -0.39 is 11.7 Å². The predicted molar refractivity (Wildman–Crippen MR) is 80.3 cm³/mol. The van der Waals surface area contributed by atoms with E-state index in [-0.39, 0.29) is 23.0 Å². The fourth-order valence-electron chi connectivity index (χ4n) is 1.96. The number of carbonyl (C=O) groups is 1. The standard InChI is InChI=1S/C14H16FN3OS/c1-2-11(13-4-3-5-20-13)18-12-6-8(14(17)19)10(16)7-9(12)15/h3-7,11,18H,2,16H2,1H3,(H2,17,19). The average Bonchev–Trinajstić information content (AvgIpc) is 2.91. The van der Waals surface area contributed by atoms with E-state index in [9.17, 15) is 9.18 Å². The van der Waals surface area contributed by atoms with Crippen molar-refractivity contribution in [2.75, 3.05) is 11.1 Å². The van der Waals surface area contributed by atoms with Crippen LogP contribution in [0.15, 0.2) is 29.6 Å². The third-order valence-corrected chi connectivity index (χ3v) is 4.02. The summed E-state index contributed by atoms with van der Waals surface area (Å²) in [6.07, 6.45) is 0.788. The summed E-state index contributed by atoms with van der Waals surface area (Å²) in [6, 6.07) is 6.38. The molecule has 4 nitrogen and oxygen atoms in total. The first kappa shape index (κ1) is 14.3. The van der Waals surface area contributed by atoms with E-state index in [2.05, 4.69) is 5.32 Å². The Morgan fingerprint density at radius 1 is 1.50 bits per heavy atom. The zero-order valence-corrected chi connectivity index (χ0v) is 11.8. The molecule has 0 saturated heterocycles. The molecular formula is C14H16FN3OS. The minimum absolute atomic E-state index is 0.0196. The summed E-state index contributed by atoms with van der Waals surface area (Å²) in [6.45, 7) is 2.00. The van der Waals surface area contributed by atoms with Gasteiger partial charge in [-0.3, -0.25) is 4.79 Å². The molecule has 1 aromatic heterocycles. The average molecular weight is 293 g/mol. The van der Waals surface area contributed by atoms with Crippen molar-refractivity contribution in [2.45, 2.75) is 19.4 Å². The van der Waals surface area contributed by atoms with Gasteiger partial charge in [0.1, 0.15) is 5.82 Å². The van der Waals surface area contributed by atoms with Crippen LogP contribution in [-0.2, 0) is 0 Å². The van der Waals surface area contributed by atoms with Crippen LogP contribution in [0.3, 0.4) is 0 Å². The van der Waals surface area contributed by atoms with Gasteiger partial charge in [-0.05, 0) is 30.0 Å². The van der Waals surface area contributed by atoms with Crippen LogP contribution in [0.1, 0.15) is 34.6 Å². The van der Waals surface area contributed by atoms with Gasteiger partial charge in [0.2, 0.25) is 0 Å². The van der Waals surface area contributed by atoms with Crippen LogP contribution in [0.25, 0.3) is 0 Å². The highest BCUT2D eigenvalue weighted by Gasteiger charge is 2.16. The molecule has 1 atom stereocenters. The SMILES string of the molecule is CCC(Nc1cc(C(N)=O)c(N)cc1F)c1cccs1. The summed E-state index contributed by atoms with van der Waals surface area (Å²) in [5.74, 6) is -1.17. The molecule has 0 saturated carbocycles. The summed E-state index contributed by atoms with van der Waals surface area (Å²) in [4.78, 5) is 12.4. The largest absolute Gasteiger partial charge is 0.398 e. The first-order valence-electron chi connectivity index (χ1n) is 6.21. The smallest absolute Gasteiger partial charge is 0.250 e. The van der Waals surface area contributed by atoms with Crippen molar-refractivity contribution in [2.24, 2.45) is 5.73 Å². The Morgan fingerprint density at radius 3 is 2.80 bits per heavy atom. The van der Waals surface area contributed by atoms with Crippen molar-refractivity contribution in [1.82, 2.24) is 0 Å². The highest BCUT2D eigenvalue weighted by molar-refractivity contribution is 7.10. The first-order valence-corrected chi connectivity index (χ1v) is 7.09. The molecule has 2 aromatic rings. The number of hydrogen-bond donors (Lipinski definition) is 3. The maximum absolute atomic E-state index is 13.9. The molecule has 6 heteroatoms. The molecule has 1 aromatic carbocycles. The molecule has 0 aliphatic carbocycles. The molecular weight excluding hydrogens is 277 g/mol. The lowest BCUT2D eigenvalue weighted by atomic mass is 10.1. The van der Waals surface area contributed by atoms with E-state index in [0.29, 0.717) is 0 Å². The first-order chi connectivity index (χ1) is 9.52. The van der Waals surface area contributed by atoms with Crippen LogP contribution >= 0.6 is 11.3 Å². The van der Waals surface area contributed by atoms with Crippen molar-refractivity contribution >= 4 is 28.6 Å². The van der Waals surface area contributed by atoms with Crippen LogP contribution < -0.4 is 16.8 Å². The Morgan fingerprint density at radius 2 is 2.25 bits per heavy atom. The molecule has 5 N–H and O–H groups in total. The van der Waals surface area contributed by atoms with E-state index in [1.54, 1.807) is 11.3 Å². The highest BCUT2D eigenvalue weighted by Crippen LogP contribution is 2.29. The molecule has 106 valence electrons. The van der Waals surface area contributed by atoms with Crippen LogP contribution in [0.4, 0.5) is 15.8 Å². The Balaban J connectivity index is 2.33. The van der Waals surface area contributed by atoms with E-state index in [4.69, 9.17) is 11.5 Å². The lowest BCUT2D eigenvalue weighted by molar-refractivity contribution is 0.100. The zero-order chi connectivity index (χ0) is 14.7. The van der Waals surface area contributed by atoms with Gasteiger partial charge in [0.25, 0.3) is 5.91 Å². The molecule has 0 radical (unpaired) electrons. The molecule has 1 amide bonds. The number of carbonyl (C=O) groups excluding carboxylic acids is 1. The van der Waals surface area contributed by atoms with Gasteiger partial charge in [0.05, 0.1) is 17.3 Å². The summed E-state index contributed by atoms with van der Waals surface area (Å²) in [7, 11) is 0. The Bertz CT molecular complexity index is 613. The molecule has 0 aliphatic heterocycles. The summed E-state index contributed by atoms with van der Waals surface area (Å²) in [5, 5.41) is 5.06. The number of nitrogens with two attached hydrogens (primary N) is 2. The maximum Gasteiger partial charge on any atom is 0.250 e. The quantitative estimate of drug-likeness (QED) is 0.741. The topological polar surface area (TPSA) is 81.1 Å². The summed E-state index contributed by atoms with van der Waals surface area (Å²) in [5.41, 5.74) is 11.2. The number of halogens is 1. The summed E-state index contributed by atoms with van der Waals surface area (Å²) >= 11 is 1.59. The summed E-state index contributed by atoms with van der Waals surface area (Å²) < 4.78 is 13.9. The van der Waals surface area contributed by atoms with E-state index in [1.165, 1.54) is 6.07 Å². The second-order valence-corrected chi connectivity index (χ2v) is 5.38. The molecule has 1 heterocycles. The molecule has 20 heavy (non-hydrogen) atoms. The third-order valence-electron chi connectivity index (χ3n) is 3.03. The van der Waals surface area contributed by atoms with E-state index in [1.807, 2.05) is 24.4 Å². The fourth-order valence-corrected chi connectivity index (χ4v) is 2.83. The molecule has 0 fully saturated rings. The number of anilines is 2. The lowest BCUT2D eigenvalue weighted by Gasteiger charge is -2.18. The van der Waals surface area contributed by atoms with Crippen LogP contribution in [-0.4, -0.2) is 5.91 Å². The van der Waals surface area contributed by atoms with Crippen molar-refractivity contribution < 1.29 is 9.18 Å². The van der Waals surface area contributed by atoms with Gasteiger partial charge in [-0.25, -0.2) is 4.39 Å². The number of nitrogen functional groups attached to an aromatic ring is 1. The normalized spacial score (nSPS) is 12.1. The van der Waals surface area contributed by atoms with Gasteiger partial charge >= 0.3 is 0 Å². The number of primary amides is 1. The van der Waals surface area contributed by atoms with Crippen LogP contribution in [0, 0.1) is 5.82 Å². The van der Waals surface area contributed by atoms with Gasteiger partial charge in [0.15, 0.2) is 0 Å². The van der Waals surface area contributed by atoms with Crippen molar-refractivity contribution in [3.8, 4) is 0 Å². The number of amides is 1. The molecule has 2 rings (SSSR count). The minimum Gasteiger partial charge on any atom is -0.398 e. The molecule has 0 bridgehead atoms. The third kappa shape index (κ3) is 2.91. The maximum atomic E-state index is 13.9. The molecule has 0 spiro atoms. The second-order valence-electron chi connectivity index (χ2n) is 4.40. The van der Waals surface area contributed by atoms with Crippen LogP contribution in [0.2, 0.25) is 0 Å². The Hall–Kier alpha value is -2.08. The highest BCUT2D eigenvalue weighted by atomic mass is 32.1. The van der Waals surface area contributed by atoms with E-state index in [0.717, 1.165) is 17.4 Å². The minimum atomic E-state index is -0.672. The van der Waals surface area contributed by atoms with Gasteiger partial charge < -0.3 is 16.8 Å². The zero-order valence-electron chi connectivity index (χ0n) is 11.0. The molecule has 0 aliphatic rings. The van der Waals surface area contributed by atoms with Gasteiger partial charge in [0, 0.05) is 10.6 Å². The fraction of sp³-hybridized carbons (Fsp3) is 0.214.